The molecule has 0 aromatic carbocycles. The fourth-order valence-corrected chi connectivity index (χ4v) is 1.07. The van der Waals surface area contributed by atoms with E-state index in [4.69, 9.17) is 21.3 Å². The molecule has 5 N–H and O–H groups in total. The van der Waals surface area contributed by atoms with E-state index in [1.807, 2.05) is 6.92 Å². The van der Waals surface area contributed by atoms with Crippen molar-refractivity contribution in [1.29, 1.82) is 0 Å². The quantitative estimate of drug-likeness (QED) is 0.518. The lowest BCUT2D eigenvalue weighted by atomic mass is 9.93. The monoisotopic (exact) mass is 174 g/mol. The topological polar surface area (TPSA) is 81.5 Å². The summed E-state index contributed by atoms with van der Waals surface area (Å²) in [6, 6.07) is 0. The van der Waals surface area contributed by atoms with Crippen molar-refractivity contribution >= 4 is 0 Å². The van der Waals surface area contributed by atoms with Crippen molar-refractivity contribution in [3.63, 3.8) is 0 Å². The Morgan fingerprint density at radius 2 is 2.17 bits per heavy atom. The van der Waals surface area contributed by atoms with Gasteiger partial charge in [-0.2, -0.15) is 0 Å². The summed E-state index contributed by atoms with van der Waals surface area (Å²) < 4.78 is 5.23. The Kier molecular flexibility index (Phi) is 4.89. The molecule has 0 aromatic rings. The third-order valence-corrected chi connectivity index (χ3v) is 2.13. The Bertz CT molecular complexity index is 159. The fourth-order valence-electron chi connectivity index (χ4n) is 1.07. The van der Waals surface area contributed by atoms with E-state index >= 15 is 0 Å². The van der Waals surface area contributed by atoms with Crippen LogP contribution in [0.25, 0.3) is 0 Å². The summed E-state index contributed by atoms with van der Waals surface area (Å²) >= 11 is 0. The molecule has 72 valence electrons. The van der Waals surface area contributed by atoms with Gasteiger partial charge in [0.25, 0.3) is 0 Å². The molecule has 4 heteroatoms. The van der Waals surface area contributed by atoms with Crippen LogP contribution in [0, 0.1) is 0 Å². The van der Waals surface area contributed by atoms with Gasteiger partial charge in [0.05, 0.1) is 11.9 Å². The van der Waals surface area contributed by atoms with Crippen molar-refractivity contribution in [2.45, 2.75) is 18.9 Å². The van der Waals surface area contributed by atoms with Crippen LogP contribution in [0.15, 0.2) is 11.8 Å². The van der Waals surface area contributed by atoms with Crippen molar-refractivity contribution in [1.82, 2.24) is 0 Å². The molecule has 0 aliphatic rings. The zero-order valence-corrected chi connectivity index (χ0v) is 7.71. The molecule has 0 radical (unpaired) electrons. The lowest BCUT2D eigenvalue weighted by molar-refractivity contribution is 0.0301. The predicted octanol–water partition coefficient (Wildman–Crippen LogP) is 0.141. The van der Waals surface area contributed by atoms with Crippen molar-refractivity contribution in [3.05, 3.63) is 11.8 Å². The van der Waals surface area contributed by atoms with Gasteiger partial charge in [0.1, 0.15) is 0 Å². The molecule has 1 atom stereocenters. The molecule has 0 saturated heterocycles. The second-order valence-corrected chi connectivity index (χ2v) is 2.83. The predicted molar refractivity (Wildman–Crippen MR) is 48.9 cm³/mol. The van der Waals surface area contributed by atoms with E-state index in [9.17, 15) is 0 Å². The number of hydrogen-bond acceptors (Lipinski definition) is 4. The molecule has 0 heterocycles. The standard InChI is InChI=1S/C8H18N2O2/c1-8(12-2,3-4-9)7(5-10)6-11/h6,11H,3-5,9-10H2,1-2H3/b7-6-. The van der Waals surface area contributed by atoms with Gasteiger partial charge in [-0.05, 0) is 19.9 Å². The lowest BCUT2D eigenvalue weighted by Crippen LogP contribution is -2.35. The normalized spacial score (nSPS) is 17.5. The molecule has 1 unspecified atom stereocenters. The fraction of sp³-hybridized carbons (Fsp3) is 0.750. The first-order valence-electron chi connectivity index (χ1n) is 3.93. The lowest BCUT2D eigenvalue weighted by Gasteiger charge is -2.29. The van der Waals surface area contributed by atoms with Crippen LogP contribution >= 0.6 is 0 Å². The van der Waals surface area contributed by atoms with Crippen LogP contribution in [0.3, 0.4) is 0 Å². The SMILES string of the molecule is COC(C)(CCN)/C(=C\O)CN. The third kappa shape index (κ3) is 2.48. The van der Waals surface area contributed by atoms with Gasteiger partial charge in [0, 0.05) is 19.2 Å². The van der Waals surface area contributed by atoms with E-state index in [2.05, 4.69) is 0 Å². The first-order chi connectivity index (χ1) is 5.64. The number of methoxy groups -OCH3 is 1. The zero-order chi connectivity index (χ0) is 9.61. The molecule has 0 aliphatic carbocycles. The number of aliphatic hydroxyl groups excluding tert-OH is 1. The molecule has 0 bridgehead atoms. The maximum Gasteiger partial charge on any atom is 0.0916 e. The van der Waals surface area contributed by atoms with Crippen LogP contribution in [0.2, 0.25) is 0 Å². The molecule has 0 rings (SSSR count). The number of rotatable bonds is 5. The highest BCUT2D eigenvalue weighted by Crippen LogP contribution is 2.22. The maximum absolute atomic E-state index is 8.86. The summed E-state index contributed by atoms with van der Waals surface area (Å²) in [4.78, 5) is 0. The minimum absolute atomic E-state index is 0.279. The molecule has 0 aromatic heterocycles. The molecule has 0 saturated carbocycles. The third-order valence-electron chi connectivity index (χ3n) is 2.13. The average molecular weight is 174 g/mol. The summed E-state index contributed by atoms with van der Waals surface area (Å²) in [7, 11) is 1.58. The Morgan fingerprint density at radius 1 is 1.58 bits per heavy atom. The first kappa shape index (κ1) is 11.4. The summed E-state index contributed by atoms with van der Waals surface area (Å²) in [5.74, 6) is 0. The smallest absolute Gasteiger partial charge is 0.0916 e. The Balaban J connectivity index is 4.48. The van der Waals surface area contributed by atoms with Crippen LogP contribution in [0.1, 0.15) is 13.3 Å². The molecule has 0 amide bonds. The van der Waals surface area contributed by atoms with Gasteiger partial charge < -0.3 is 21.3 Å². The van der Waals surface area contributed by atoms with E-state index < -0.39 is 5.60 Å². The molecular weight excluding hydrogens is 156 g/mol. The van der Waals surface area contributed by atoms with Crippen LogP contribution in [-0.2, 0) is 4.74 Å². The molecule has 4 nitrogen and oxygen atoms in total. The van der Waals surface area contributed by atoms with Crippen molar-refractivity contribution in [2.24, 2.45) is 11.5 Å². The van der Waals surface area contributed by atoms with Crippen molar-refractivity contribution in [3.8, 4) is 0 Å². The Hall–Kier alpha value is -0.580. The Morgan fingerprint density at radius 3 is 2.42 bits per heavy atom. The van der Waals surface area contributed by atoms with Gasteiger partial charge in [-0.3, -0.25) is 0 Å². The van der Waals surface area contributed by atoms with Crippen LogP contribution in [0.5, 0.6) is 0 Å². The van der Waals surface area contributed by atoms with Gasteiger partial charge in [-0.15, -0.1) is 0 Å². The number of hydrogen-bond donors (Lipinski definition) is 3. The minimum Gasteiger partial charge on any atom is -0.515 e. The second kappa shape index (κ2) is 5.13. The number of nitrogens with two attached hydrogens (primary N) is 2. The first-order valence-corrected chi connectivity index (χ1v) is 3.93. The highest BCUT2D eigenvalue weighted by molar-refractivity contribution is 5.14. The average Bonchev–Trinajstić information content (AvgIpc) is 2.07. The van der Waals surface area contributed by atoms with Gasteiger partial charge >= 0.3 is 0 Å². The number of ether oxygens (including phenoxy) is 1. The van der Waals surface area contributed by atoms with E-state index in [1.165, 1.54) is 0 Å². The van der Waals surface area contributed by atoms with Crippen molar-refractivity contribution < 1.29 is 9.84 Å². The van der Waals surface area contributed by atoms with E-state index in [0.717, 1.165) is 6.26 Å². The van der Waals surface area contributed by atoms with Crippen LogP contribution < -0.4 is 11.5 Å². The Labute approximate surface area is 73.2 Å². The molecule has 0 fully saturated rings. The van der Waals surface area contributed by atoms with E-state index in [-0.39, 0.29) is 6.54 Å². The number of aliphatic hydroxyl groups is 1. The maximum atomic E-state index is 8.86. The van der Waals surface area contributed by atoms with E-state index in [1.54, 1.807) is 7.11 Å². The van der Waals surface area contributed by atoms with Gasteiger partial charge in [-0.25, -0.2) is 0 Å². The summed E-state index contributed by atoms with van der Waals surface area (Å²) in [6.45, 7) is 2.64. The van der Waals surface area contributed by atoms with Gasteiger partial charge in [0.15, 0.2) is 0 Å². The highest BCUT2D eigenvalue weighted by atomic mass is 16.5. The molecule has 0 spiro atoms. The van der Waals surface area contributed by atoms with E-state index in [0.29, 0.717) is 18.5 Å². The van der Waals surface area contributed by atoms with Gasteiger partial charge in [0.2, 0.25) is 0 Å². The van der Waals surface area contributed by atoms with Gasteiger partial charge in [-0.1, -0.05) is 0 Å². The zero-order valence-electron chi connectivity index (χ0n) is 7.71. The highest BCUT2D eigenvalue weighted by Gasteiger charge is 2.26. The van der Waals surface area contributed by atoms with Crippen LogP contribution in [0.4, 0.5) is 0 Å². The summed E-state index contributed by atoms with van der Waals surface area (Å²) in [5, 5.41) is 8.86. The minimum atomic E-state index is -0.530. The van der Waals surface area contributed by atoms with Crippen molar-refractivity contribution in [2.75, 3.05) is 20.2 Å². The molecule has 12 heavy (non-hydrogen) atoms. The van der Waals surface area contributed by atoms with Crippen LogP contribution in [-0.4, -0.2) is 30.9 Å². The molecule has 0 aliphatic heterocycles. The second-order valence-electron chi connectivity index (χ2n) is 2.83. The molecular formula is C8H18N2O2. The largest absolute Gasteiger partial charge is 0.515 e. The summed E-state index contributed by atoms with van der Waals surface area (Å²) in [5.41, 5.74) is 11.0. The summed E-state index contributed by atoms with van der Waals surface area (Å²) in [6.07, 6.45) is 1.65.